The van der Waals surface area contributed by atoms with E-state index in [2.05, 4.69) is 10.0 Å². The molecule has 1 aromatic rings. The van der Waals surface area contributed by atoms with E-state index in [1.165, 1.54) is 0 Å². The van der Waals surface area contributed by atoms with Crippen LogP contribution in [0.1, 0.15) is 11.1 Å². The van der Waals surface area contributed by atoms with Crippen LogP contribution in [0.5, 0.6) is 0 Å². The molecule has 0 fully saturated rings. The topological polar surface area (TPSA) is 115 Å². The lowest BCUT2D eigenvalue weighted by atomic mass is 9.78. The van der Waals surface area contributed by atoms with Gasteiger partial charge < -0.3 is 15.8 Å². The fourth-order valence-electron chi connectivity index (χ4n) is 1.26. The van der Waals surface area contributed by atoms with Crippen LogP contribution in [0.25, 0.3) is 10.4 Å². The monoisotopic (exact) mass is 206 g/mol. The maximum Gasteiger partial charge on any atom is 0.488 e. The van der Waals surface area contributed by atoms with Crippen LogP contribution in [0.15, 0.2) is 23.3 Å². The molecule has 0 unspecified atom stereocenters. The lowest BCUT2D eigenvalue weighted by Gasteiger charge is -2.06. The molecule has 0 aliphatic carbocycles. The maximum atomic E-state index is 9.00. The second-order valence-electron chi connectivity index (χ2n) is 3.05. The van der Waals surface area contributed by atoms with Gasteiger partial charge in [-0.2, -0.15) is 0 Å². The molecule has 0 aromatic heterocycles. The van der Waals surface area contributed by atoms with E-state index in [1.54, 1.807) is 18.2 Å². The molecule has 0 bridgehead atoms. The Morgan fingerprint density at radius 1 is 1.33 bits per heavy atom. The van der Waals surface area contributed by atoms with Crippen LogP contribution >= 0.6 is 0 Å². The quantitative estimate of drug-likeness (QED) is 0.270. The van der Waals surface area contributed by atoms with Gasteiger partial charge in [0.15, 0.2) is 0 Å². The predicted octanol–water partition coefficient (Wildman–Crippen LogP) is -0.365. The van der Waals surface area contributed by atoms with Crippen LogP contribution in [0, 0.1) is 0 Å². The van der Waals surface area contributed by atoms with Crippen LogP contribution in [-0.2, 0) is 13.1 Å². The third kappa shape index (κ3) is 3.27. The van der Waals surface area contributed by atoms with Gasteiger partial charge in [0.05, 0.1) is 6.54 Å². The van der Waals surface area contributed by atoms with Crippen molar-refractivity contribution in [2.45, 2.75) is 13.1 Å². The Morgan fingerprint density at radius 2 is 2.00 bits per heavy atom. The van der Waals surface area contributed by atoms with Crippen molar-refractivity contribution < 1.29 is 10.0 Å². The molecule has 15 heavy (non-hydrogen) atoms. The number of rotatable bonds is 4. The third-order valence-electron chi connectivity index (χ3n) is 1.93. The van der Waals surface area contributed by atoms with E-state index in [4.69, 9.17) is 21.3 Å². The largest absolute Gasteiger partial charge is 0.488 e. The van der Waals surface area contributed by atoms with Gasteiger partial charge in [0.1, 0.15) is 0 Å². The normalized spacial score (nSPS) is 9.53. The molecular formula is C8H11BN4O2. The Bertz CT molecular complexity index is 390. The average molecular weight is 206 g/mol. The molecule has 0 atom stereocenters. The molecular weight excluding hydrogens is 195 g/mol. The second kappa shape index (κ2) is 5.38. The van der Waals surface area contributed by atoms with E-state index >= 15 is 0 Å². The number of azide groups is 1. The minimum absolute atomic E-state index is 0.171. The first kappa shape index (κ1) is 11.5. The van der Waals surface area contributed by atoms with E-state index in [0.29, 0.717) is 17.6 Å². The minimum Gasteiger partial charge on any atom is -0.423 e. The van der Waals surface area contributed by atoms with Crippen molar-refractivity contribution in [1.82, 2.24) is 0 Å². The Kier molecular flexibility index (Phi) is 4.14. The van der Waals surface area contributed by atoms with Crippen molar-refractivity contribution in [1.29, 1.82) is 0 Å². The van der Waals surface area contributed by atoms with Gasteiger partial charge in [-0.15, -0.1) is 0 Å². The van der Waals surface area contributed by atoms with Crippen molar-refractivity contribution in [2.24, 2.45) is 10.8 Å². The van der Waals surface area contributed by atoms with Crippen molar-refractivity contribution in [3.05, 3.63) is 39.8 Å². The summed E-state index contributed by atoms with van der Waals surface area (Å²) in [6, 6.07) is 4.93. The van der Waals surface area contributed by atoms with Gasteiger partial charge in [0.25, 0.3) is 0 Å². The van der Waals surface area contributed by atoms with Gasteiger partial charge in [0, 0.05) is 11.5 Å². The second-order valence-corrected chi connectivity index (χ2v) is 3.05. The van der Waals surface area contributed by atoms with E-state index in [0.717, 1.165) is 5.56 Å². The van der Waals surface area contributed by atoms with Gasteiger partial charge in [-0.25, -0.2) is 0 Å². The number of nitrogens with zero attached hydrogens (tertiary/aromatic N) is 3. The standard InChI is InChI=1S/C8H11BN4O2/c10-4-6-1-7(5-12-13-11)3-8(2-6)9(14)15/h1-3,14-15H,4-5,10H2. The summed E-state index contributed by atoms with van der Waals surface area (Å²) in [6.07, 6.45) is 0. The molecule has 7 heteroatoms. The average Bonchev–Trinajstić information content (AvgIpc) is 2.25. The first-order chi connectivity index (χ1) is 7.17. The molecule has 1 aromatic carbocycles. The molecule has 0 heterocycles. The van der Waals surface area contributed by atoms with E-state index in [1.807, 2.05) is 0 Å². The van der Waals surface area contributed by atoms with Crippen LogP contribution in [0.2, 0.25) is 0 Å². The number of hydrogen-bond acceptors (Lipinski definition) is 4. The summed E-state index contributed by atoms with van der Waals surface area (Å²) < 4.78 is 0. The minimum atomic E-state index is -1.54. The Balaban J connectivity index is 3.05. The van der Waals surface area contributed by atoms with E-state index in [-0.39, 0.29) is 6.54 Å². The lowest BCUT2D eigenvalue weighted by Crippen LogP contribution is -2.30. The molecule has 6 nitrogen and oxygen atoms in total. The fraction of sp³-hybridized carbons (Fsp3) is 0.250. The van der Waals surface area contributed by atoms with Crippen LogP contribution < -0.4 is 11.2 Å². The predicted molar refractivity (Wildman–Crippen MR) is 57.0 cm³/mol. The molecule has 0 radical (unpaired) electrons. The zero-order chi connectivity index (χ0) is 11.3. The molecule has 78 valence electrons. The zero-order valence-electron chi connectivity index (χ0n) is 8.04. The first-order valence-corrected chi connectivity index (χ1v) is 4.37. The van der Waals surface area contributed by atoms with Crippen LogP contribution in [0.3, 0.4) is 0 Å². The smallest absolute Gasteiger partial charge is 0.423 e. The van der Waals surface area contributed by atoms with Gasteiger partial charge in [0.2, 0.25) is 0 Å². The van der Waals surface area contributed by atoms with Gasteiger partial charge in [-0.3, -0.25) is 0 Å². The molecule has 0 spiro atoms. The lowest BCUT2D eigenvalue weighted by molar-refractivity contribution is 0.425. The molecule has 1 rings (SSSR count). The van der Waals surface area contributed by atoms with Crippen LogP contribution in [-0.4, -0.2) is 17.2 Å². The zero-order valence-corrected chi connectivity index (χ0v) is 8.04. The summed E-state index contributed by atoms with van der Waals surface area (Å²) in [5, 5.41) is 21.4. The molecule has 0 saturated carbocycles. The first-order valence-electron chi connectivity index (χ1n) is 4.37. The Labute approximate surface area is 87.1 Å². The summed E-state index contributed by atoms with van der Waals surface area (Å²) in [4.78, 5) is 2.63. The van der Waals surface area contributed by atoms with Crippen molar-refractivity contribution >= 4 is 12.6 Å². The summed E-state index contributed by atoms with van der Waals surface area (Å²) in [7, 11) is -1.54. The molecule has 0 aliphatic rings. The molecule has 4 N–H and O–H groups in total. The SMILES string of the molecule is [N-]=[N+]=NCc1cc(CN)cc(B(O)O)c1. The number of nitrogens with two attached hydrogens (primary N) is 1. The summed E-state index contributed by atoms with van der Waals surface area (Å²) in [5.74, 6) is 0. The number of hydrogen-bond donors (Lipinski definition) is 3. The Hall–Kier alpha value is -1.53. The Morgan fingerprint density at radius 3 is 2.53 bits per heavy atom. The summed E-state index contributed by atoms with van der Waals surface area (Å²) in [5.41, 5.74) is 15.4. The van der Waals surface area contributed by atoms with Gasteiger partial charge >= 0.3 is 7.12 Å². The molecule has 0 aliphatic heterocycles. The number of benzene rings is 1. The van der Waals surface area contributed by atoms with Crippen molar-refractivity contribution in [3.8, 4) is 0 Å². The highest BCUT2D eigenvalue weighted by Gasteiger charge is 2.12. The third-order valence-corrected chi connectivity index (χ3v) is 1.93. The highest BCUT2D eigenvalue weighted by molar-refractivity contribution is 6.58. The summed E-state index contributed by atoms with van der Waals surface area (Å²) in [6.45, 7) is 0.466. The van der Waals surface area contributed by atoms with Gasteiger partial charge in [-0.1, -0.05) is 23.3 Å². The van der Waals surface area contributed by atoms with E-state index in [9.17, 15) is 0 Å². The molecule has 0 saturated heterocycles. The maximum absolute atomic E-state index is 9.00. The summed E-state index contributed by atoms with van der Waals surface area (Å²) >= 11 is 0. The van der Waals surface area contributed by atoms with Crippen LogP contribution in [0.4, 0.5) is 0 Å². The highest BCUT2D eigenvalue weighted by atomic mass is 16.4. The van der Waals surface area contributed by atoms with Gasteiger partial charge in [-0.05, 0) is 22.1 Å². The molecule has 0 amide bonds. The highest BCUT2D eigenvalue weighted by Crippen LogP contribution is 2.05. The van der Waals surface area contributed by atoms with E-state index < -0.39 is 7.12 Å². The van der Waals surface area contributed by atoms with Crippen molar-refractivity contribution in [2.75, 3.05) is 0 Å². The fourth-order valence-corrected chi connectivity index (χ4v) is 1.26. The van der Waals surface area contributed by atoms with Crippen molar-refractivity contribution in [3.63, 3.8) is 0 Å².